The van der Waals surface area contributed by atoms with Crippen molar-refractivity contribution in [3.63, 3.8) is 0 Å². The van der Waals surface area contributed by atoms with Crippen LogP contribution in [-0.4, -0.2) is 19.8 Å². The lowest BCUT2D eigenvalue weighted by Crippen LogP contribution is -2.13. The van der Waals surface area contributed by atoms with Gasteiger partial charge in [0.2, 0.25) is 0 Å². The summed E-state index contributed by atoms with van der Waals surface area (Å²) in [6.07, 6.45) is 0. The lowest BCUT2D eigenvalue weighted by molar-refractivity contribution is 0.118. The molecule has 92 valence electrons. The van der Waals surface area contributed by atoms with Crippen LogP contribution in [0.5, 0.6) is 0 Å². The Kier molecular flexibility index (Phi) is 5.51. The van der Waals surface area contributed by atoms with Gasteiger partial charge in [0.25, 0.3) is 0 Å². The van der Waals surface area contributed by atoms with E-state index < -0.39 is 0 Å². The number of hydrogen-bond donors (Lipinski definition) is 1. The van der Waals surface area contributed by atoms with Gasteiger partial charge in [0.1, 0.15) is 6.07 Å². The van der Waals surface area contributed by atoms with E-state index in [2.05, 4.69) is 25.2 Å². The van der Waals surface area contributed by atoms with Crippen molar-refractivity contribution in [3.8, 4) is 6.07 Å². The van der Waals surface area contributed by atoms with E-state index in [0.717, 1.165) is 30.0 Å². The topological polar surface area (TPSA) is 45.0 Å². The molecule has 0 aliphatic carbocycles. The lowest BCUT2D eigenvalue weighted by atomic mass is 10.1. The molecule has 0 saturated carbocycles. The van der Waals surface area contributed by atoms with Crippen LogP contribution < -0.4 is 5.32 Å². The highest BCUT2D eigenvalue weighted by molar-refractivity contribution is 5.60. The van der Waals surface area contributed by atoms with Gasteiger partial charge in [-0.15, -0.1) is 0 Å². The van der Waals surface area contributed by atoms with Crippen molar-refractivity contribution in [2.24, 2.45) is 5.92 Å². The molecule has 3 nitrogen and oxygen atoms in total. The summed E-state index contributed by atoms with van der Waals surface area (Å²) < 4.78 is 5.48. The summed E-state index contributed by atoms with van der Waals surface area (Å²) in [4.78, 5) is 0. The van der Waals surface area contributed by atoms with Gasteiger partial charge in [-0.3, -0.25) is 0 Å². The minimum Gasteiger partial charge on any atom is -0.382 e. The molecule has 1 aromatic carbocycles. The van der Waals surface area contributed by atoms with Crippen LogP contribution in [0.25, 0.3) is 0 Å². The second-order valence-electron chi connectivity index (χ2n) is 4.50. The Labute approximate surface area is 103 Å². The fraction of sp³-hybridized carbons (Fsp3) is 0.500. The van der Waals surface area contributed by atoms with Crippen molar-refractivity contribution in [1.29, 1.82) is 5.26 Å². The number of hydrogen-bond acceptors (Lipinski definition) is 3. The van der Waals surface area contributed by atoms with Crippen molar-refractivity contribution in [1.82, 2.24) is 0 Å². The minimum absolute atomic E-state index is 0.559. The molecule has 1 rings (SSSR count). The number of benzene rings is 1. The minimum atomic E-state index is 0.559. The predicted molar refractivity (Wildman–Crippen MR) is 70.0 cm³/mol. The van der Waals surface area contributed by atoms with Gasteiger partial charge in [-0.2, -0.15) is 5.26 Å². The largest absolute Gasteiger partial charge is 0.382 e. The monoisotopic (exact) mass is 232 g/mol. The third-order valence-corrected chi connectivity index (χ3v) is 2.40. The molecule has 0 aliphatic heterocycles. The fourth-order valence-electron chi connectivity index (χ4n) is 1.54. The molecule has 3 heteroatoms. The Morgan fingerprint density at radius 1 is 1.41 bits per heavy atom. The van der Waals surface area contributed by atoms with E-state index in [1.807, 2.05) is 25.1 Å². The summed E-state index contributed by atoms with van der Waals surface area (Å²) in [6.45, 7) is 8.37. The number of rotatable bonds is 6. The zero-order valence-corrected chi connectivity index (χ0v) is 10.8. The lowest BCUT2D eigenvalue weighted by Gasteiger charge is -2.11. The van der Waals surface area contributed by atoms with E-state index in [1.165, 1.54) is 0 Å². The highest BCUT2D eigenvalue weighted by Crippen LogP contribution is 2.17. The standard InChI is InChI=1S/C14H20N2O/c1-11(2)10-17-8-7-16-14-6-4-5-12(3)13(14)9-15/h4-6,11,16H,7-8,10H2,1-3H3. The molecule has 0 unspecified atom stereocenters. The quantitative estimate of drug-likeness (QED) is 0.767. The van der Waals surface area contributed by atoms with Gasteiger partial charge in [-0.25, -0.2) is 0 Å². The summed E-state index contributed by atoms with van der Waals surface area (Å²) in [6, 6.07) is 8.04. The van der Waals surface area contributed by atoms with E-state index >= 15 is 0 Å². The number of nitrogens with zero attached hydrogens (tertiary/aromatic N) is 1. The average Bonchev–Trinajstić information content (AvgIpc) is 2.28. The van der Waals surface area contributed by atoms with Crippen molar-refractivity contribution in [2.45, 2.75) is 20.8 Å². The molecule has 0 bridgehead atoms. The number of aryl methyl sites for hydroxylation is 1. The zero-order valence-electron chi connectivity index (χ0n) is 10.8. The van der Waals surface area contributed by atoms with Gasteiger partial charge in [0.15, 0.2) is 0 Å². The van der Waals surface area contributed by atoms with Crippen LogP contribution >= 0.6 is 0 Å². The predicted octanol–water partition coefficient (Wildman–Crippen LogP) is 2.95. The normalized spacial score (nSPS) is 10.3. The van der Waals surface area contributed by atoms with E-state index in [1.54, 1.807) is 0 Å². The van der Waals surface area contributed by atoms with Crippen LogP contribution in [0.4, 0.5) is 5.69 Å². The Bertz CT molecular complexity index is 394. The average molecular weight is 232 g/mol. The molecule has 0 atom stereocenters. The van der Waals surface area contributed by atoms with Crippen molar-refractivity contribution < 1.29 is 4.74 Å². The van der Waals surface area contributed by atoms with Crippen LogP contribution in [0, 0.1) is 24.2 Å². The molecule has 0 spiro atoms. The summed E-state index contributed by atoms with van der Waals surface area (Å²) >= 11 is 0. The number of nitrogens with one attached hydrogen (secondary N) is 1. The molecule has 0 saturated heterocycles. The fourth-order valence-corrected chi connectivity index (χ4v) is 1.54. The van der Waals surface area contributed by atoms with Crippen LogP contribution in [0.3, 0.4) is 0 Å². The molecule has 0 radical (unpaired) electrons. The van der Waals surface area contributed by atoms with Gasteiger partial charge in [-0.1, -0.05) is 26.0 Å². The smallest absolute Gasteiger partial charge is 0.102 e. The maximum absolute atomic E-state index is 9.05. The van der Waals surface area contributed by atoms with Gasteiger partial charge < -0.3 is 10.1 Å². The molecule has 0 aromatic heterocycles. The molecule has 1 N–H and O–H groups in total. The first-order valence-electron chi connectivity index (χ1n) is 5.96. The Morgan fingerprint density at radius 3 is 2.82 bits per heavy atom. The maximum Gasteiger partial charge on any atom is 0.102 e. The zero-order chi connectivity index (χ0) is 12.7. The summed E-state index contributed by atoms with van der Waals surface area (Å²) in [5, 5.41) is 12.3. The molecule has 1 aromatic rings. The third-order valence-electron chi connectivity index (χ3n) is 2.40. The third kappa shape index (κ3) is 4.46. The first-order chi connectivity index (χ1) is 8.15. The second-order valence-corrected chi connectivity index (χ2v) is 4.50. The first-order valence-corrected chi connectivity index (χ1v) is 5.96. The van der Waals surface area contributed by atoms with Gasteiger partial charge in [0.05, 0.1) is 17.9 Å². The van der Waals surface area contributed by atoms with E-state index in [-0.39, 0.29) is 0 Å². The van der Waals surface area contributed by atoms with Crippen molar-refractivity contribution >= 4 is 5.69 Å². The molecular weight excluding hydrogens is 212 g/mol. The number of nitriles is 1. The molecule has 0 heterocycles. The second kappa shape index (κ2) is 6.93. The summed E-state index contributed by atoms with van der Waals surface area (Å²) in [7, 11) is 0. The maximum atomic E-state index is 9.05. The van der Waals surface area contributed by atoms with Crippen LogP contribution in [0.2, 0.25) is 0 Å². The molecule has 0 aliphatic rings. The number of ether oxygens (including phenoxy) is 1. The molecule has 0 fully saturated rings. The Balaban J connectivity index is 2.42. The van der Waals surface area contributed by atoms with Crippen LogP contribution in [-0.2, 0) is 4.74 Å². The molecule has 0 amide bonds. The molecular formula is C14H20N2O. The van der Waals surface area contributed by atoms with Gasteiger partial charge >= 0.3 is 0 Å². The van der Waals surface area contributed by atoms with Crippen LogP contribution in [0.1, 0.15) is 25.0 Å². The van der Waals surface area contributed by atoms with E-state index in [9.17, 15) is 0 Å². The highest BCUT2D eigenvalue weighted by Gasteiger charge is 2.03. The Hall–Kier alpha value is -1.53. The van der Waals surface area contributed by atoms with Gasteiger partial charge in [-0.05, 0) is 24.5 Å². The van der Waals surface area contributed by atoms with Crippen molar-refractivity contribution in [2.75, 3.05) is 25.1 Å². The first kappa shape index (κ1) is 13.5. The van der Waals surface area contributed by atoms with E-state index in [0.29, 0.717) is 12.5 Å². The summed E-state index contributed by atoms with van der Waals surface area (Å²) in [5.74, 6) is 0.559. The Morgan fingerprint density at radius 2 is 2.18 bits per heavy atom. The molecule has 17 heavy (non-hydrogen) atoms. The SMILES string of the molecule is Cc1cccc(NCCOCC(C)C)c1C#N. The number of anilines is 1. The summed E-state index contributed by atoms with van der Waals surface area (Å²) in [5.41, 5.74) is 2.61. The highest BCUT2D eigenvalue weighted by atomic mass is 16.5. The van der Waals surface area contributed by atoms with E-state index in [4.69, 9.17) is 10.00 Å². The van der Waals surface area contributed by atoms with Gasteiger partial charge in [0, 0.05) is 13.2 Å². The van der Waals surface area contributed by atoms with Crippen LogP contribution in [0.15, 0.2) is 18.2 Å². The van der Waals surface area contributed by atoms with Crippen molar-refractivity contribution in [3.05, 3.63) is 29.3 Å².